The second-order valence-electron chi connectivity index (χ2n) is 9.74. The van der Waals surface area contributed by atoms with Crippen LogP contribution in [0.5, 0.6) is 0 Å². The summed E-state index contributed by atoms with van der Waals surface area (Å²) in [6.07, 6.45) is 17.1. The molecular formula is C24H31NO. The van der Waals surface area contributed by atoms with Gasteiger partial charge in [-0.05, 0) is 85.3 Å². The van der Waals surface area contributed by atoms with Crippen LogP contribution in [-0.4, -0.2) is 16.2 Å². The van der Waals surface area contributed by atoms with Crippen LogP contribution in [-0.2, 0) is 0 Å². The zero-order valence-corrected chi connectivity index (χ0v) is 16.1. The molecule has 1 heterocycles. The van der Waals surface area contributed by atoms with Gasteiger partial charge in [-0.25, -0.2) is 0 Å². The van der Waals surface area contributed by atoms with E-state index in [1.54, 1.807) is 5.57 Å². The van der Waals surface area contributed by atoms with Gasteiger partial charge in [0.25, 0.3) is 0 Å². The molecular weight excluding hydrogens is 318 g/mol. The molecule has 26 heavy (non-hydrogen) atoms. The number of pyridine rings is 1. The Bertz CT molecular complexity index is 766. The second kappa shape index (κ2) is 5.79. The van der Waals surface area contributed by atoms with Gasteiger partial charge in [-0.2, -0.15) is 0 Å². The fraction of sp³-hybridized carbons (Fsp3) is 0.625. The van der Waals surface area contributed by atoms with Gasteiger partial charge in [0.1, 0.15) is 0 Å². The molecule has 2 nitrogen and oxygen atoms in total. The van der Waals surface area contributed by atoms with Crippen molar-refractivity contribution in [3.8, 4) is 0 Å². The van der Waals surface area contributed by atoms with Crippen LogP contribution in [0.3, 0.4) is 0 Å². The molecule has 5 rings (SSSR count). The molecule has 1 aromatic heterocycles. The highest BCUT2D eigenvalue weighted by molar-refractivity contribution is 5.78. The quantitative estimate of drug-likeness (QED) is 0.736. The molecule has 0 aliphatic heterocycles. The summed E-state index contributed by atoms with van der Waals surface area (Å²) in [5.74, 6) is 2.26. The lowest BCUT2D eigenvalue weighted by molar-refractivity contribution is -0.0784. The summed E-state index contributed by atoms with van der Waals surface area (Å²) >= 11 is 0. The van der Waals surface area contributed by atoms with Crippen molar-refractivity contribution in [3.05, 3.63) is 47.8 Å². The Hall–Kier alpha value is -1.41. The first-order valence-corrected chi connectivity index (χ1v) is 10.5. The van der Waals surface area contributed by atoms with E-state index < -0.39 is 0 Å². The molecule has 0 unspecified atom stereocenters. The Morgan fingerprint density at radius 3 is 2.77 bits per heavy atom. The smallest absolute Gasteiger partial charge is 0.0543 e. The predicted octanol–water partition coefficient (Wildman–Crippen LogP) is 5.40. The number of rotatable bonds is 1. The van der Waals surface area contributed by atoms with E-state index in [0.717, 1.165) is 30.6 Å². The molecule has 0 radical (unpaired) electrons. The monoisotopic (exact) mass is 349 g/mol. The van der Waals surface area contributed by atoms with Crippen LogP contribution in [0.1, 0.15) is 64.4 Å². The zero-order chi connectivity index (χ0) is 17.9. The van der Waals surface area contributed by atoms with Gasteiger partial charge in [-0.3, -0.25) is 4.98 Å². The maximum atomic E-state index is 10.2. The van der Waals surface area contributed by atoms with Gasteiger partial charge in [-0.15, -0.1) is 0 Å². The van der Waals surface area contributed by atoms with Crippen LogP contribution in [0.4, 0.5) is 0 Å². The summed E-state index contributed by atoms with van der Waals surface area (Å²) in [6, 6.07) is 4.27. The molecule has 3 fully saturated rings. The number of allylic oxidation sites excluding steroid dienone is 4. The van der Waals surface area contributed by atoms with E-state index in [4.69, 9.17) is 0 Å². The predicted molar refractivity (Wildman–Crippen MR) is 105 cm³/mol. The molecule has 0 bridgehead atoms. The number of aliphatic hydroxyl groups is 1. The third-order valence-corrected chi connectivity index (χ3v) is 8.65. The summed E-state index contributed by atoms with van der Waals surface area (Å²) < 4.78 is 0. The minimum atomic E-state index is -0.0528. The summed E-state index contributed by atoms with van der Waals surface area (Å²) in [6.45, 7) is 5.02. The molecule has 1 aromatic rings. The third-order valence-electron chi connectivity index (χ3n) is 8.65. The van der Waals surface area contributed by atoms with Crippen molar-refractivity contribution < 1.29 is 5.11 Å². The minimum absolute atomic E-state index is 0.0528. The van der Waals surface area contributed by atoms with E-state index in [1.165, 1.54) is 43.2 Å². The molecule has 138 valence electrons. The average molecular weight is 350 g/mol. The first kappa shape index (κ1) is 16.7. The maximum absolute atomic E-state index is 10.2. The first-order chi connectivity index (χ1) is 12.5. The summed E-state index contributed by atoms with van der Waals surface area (Å²) in [5.41, 5.74) is 5.09. The standard InChI is InChI=1S/C24H31NO/c1-23-11-9-18(26)14-17(23)5-6-19-21-8-7-20(16-4-3-13-25-15-16)24(21,2)12-10-22(19)23/h3-4,7-8,13,15,17-19,22,26H,5-6,9-12,14H2,1-2H3/t17-,18-,19-,22-,23-,24+/m0/s1. The van der Waals surface area contributed by atoms with Gasteiger partial charge in [0.2, 0.25) is 0 Å². The Morgan fingerprint density at radius 2 is 1.96 bits per heavy atom. The largest absolute Gasteiger partial charge is 0.393 e. The van der Waals surface area contributed by atoms with E-state index in [-0.39, 0.29) is 11.5 Å². The van der Waals surface area contributed by atoms with Crippen molar-refractivity contribution in [2.45, 2.75) is 64.9 Å². The van der Waals surface area contributed by atoms with Crippen molar-refractivity contribution in [2.75, 3.05) is 0 Å². The molecule has 0 aromatic carbocycles. The molecule has 4 aliphatic rings. The van der Waals surface area contributed by atoms with E-state index in [1.807, 2.05) is 12.4 Å². The Morgan fingerprint density at radius 1 is 1.08 bits per heavy atom. The molecule has 1 N–H and O–H groups in total. The summed E-state index contributed by atoms with van der Waals surface area (Å²) in [4.78, 5) is 4.36. The molecule has 2 heteroatoms. The third kappa shape index (κ3) is 2.24. The van der Waals surface area contributed by atoms with E-state index in [2.05, 4.69) is 43.1 Å². The van der Waals surface area contributed by atoms with Gasteiger partial charge in [-0.1, -0.05) is 37.6 Å². The van der Waals surface area contributed by atoms with Crippen molar-refractivity contribution in [1.29, 1.82) is 0 Å². The minimum Gasteiger partial charge on any atom is -0.393 e. The summed E-state index contributed by atoms with van der Waals surface area (Å²) in [7, 11) is 0. The molecule has 4 aliphatic carbocycles. The highest BCUT2D eigenvalue weighted by Gasteiger charge is 2.56. The van der Waals surface area contributed by atoms with Crippen molar-refractivity contribution >= 4 is 5.57 Å². The Kier molecular flexibility index (Phi) is 3.73. The van der Waals surface area contributed by atoms with Crippen molar-refractivity contribution in [3.63, 3.8) is 0 Å². The van der Waals surface area contributed by atoms with Gasteiger partial charge in [0, 0.05) is 17.8 Å². The molecule has 3 saturated carbocycles. The number of fused-ring (bicyclic) bond motifs is 5. The van der Waals surface area contributed by atoms with Crippen molar-refractivity contribution in [2.24, 2.45) is 28.6 Å². The topological polar surface area (TPSA) is 33.1 Å². The van der Waals surface area contributed by atoms with Gasteiger partial charge in [0.15, 0.2) is 0 Å². The fourth-order valence-electron chi connectivity index (χ4n) is 7.17. The van der Waals surface area contributed by atoms with Crippen LogP contribution in [0.15, 0.2) is 42.3 Å². The van der Waals surface area contributed by atoms with Gasteiger partial charge in [0.05, 0.1) is 6.10 Å². The number of aliphatic hydroxyl groups excluding tert-OH is 1. The Balaban J connectivity index is 1.46. The average Bonchev–Trinajstić information content (AvgIpc) is 3.00. The SMILES string of the molecule is C[C@]12CC[C@H]3[C@@H](CC[C@H]4C[C@@H](O)CC[C@@]43C)C1=CC=C2c1cccnc1. The van der Waals surface area contributed by atoms with E-state index in [0.29, 0.717) is 5.41 Å². The maximum Gasteiger partial charge on any atom is 0.0543 e. The fourth-order valence-corrected chi connectivity index (χ4v) is 7.17. The lowest BCUT2D eigenvalue weighted by Crippen LogP contribution is -2.51. The van der Waals surface area contributed by atoms with Crippen LogP contribution in [0.2, 0.25) is 0 Å². The van der Waals surface area contributed by atoms with Crippen molar-refractivity contribution in [1.82, 2.24) is 4.98 Å². The van der Waals surface area contributed by atoms with Crippen LogP contribution in [0, 0.1) is 28.6 Å². The summed E-state index contributed by atoms with van der Waals surface area (Å²) in [5, 5.41) is 10.2. The van der Waals surface area contributed by atoms with E-state index in [9.17, 15) is 5.11 Å². The van der Waals surface area contributed by atoms with Gasteiger partial charge >= 0.3 is 0 Å². The van der Waals surface area contributed by atoms with Crippen LogP contribution < -0.4 is 0 Å². The lowest BCUT2D eigenvalue weighted by atomic mass is 9.46. The number of hydrogen-bond acceptors (Lipinski definition) is 2. The number of hydrogen-bond donors (Lipinski definition) is 1. The number of nitrogens with zero attached hydrogens (tertiary/aromatic N) is 1. The number of aromatic nitrogens is 1. The van der Waals surface area contributed by atoms with Gasteiger partial charge < -0.3 is 5.11 Å². The van der Waals surface area contributed by atoms with Crippen LogP contribution >= 0.6 is 0 Å². The molecule has 6 atom stereocenters. The normalized spacial score (nSPS) is 44.4. The van der Waals surface area contributed by atoms with E-state index >= 15 is 0 Å². The zero-order valence-electron chi connectivity index (χ0n) is 16.1. The van der Waals surface area contributed by atoms with Crippen LogP contribution in [0.25, 0.3) is 5.57 Å². The molecule has 0 spiro atoms. The Labute approximate surface area is 157 Å². The highest BCUT2D eigenvalue weighted by atomic mass is 16.3. The second-order valence-corrected chi connectivity index (χ2v) is 9.74. The molecule has 0 amide bonds. The highest BCUT2D eigenvalue weighted by Crippen LogP contribution is 2.66. The first-order valence-electron chi connectivity index (χ1n) is 10.5. The molecule has 0 saturated heterocycles. The lowest BCUT2D eigenvalue weighted by Gasteiger charge is -2.59.